The summed E-state index contributed by atoms with van der Waals surface area (Å²) in [7, 11) is 0. The molecule has 0 aromatic carbocycles. The highest BCUT2D eigenvalue weighted by Gasteiger charge is 2.13. The third-order valence-electron chi connectivity index (χ3n) is 2.32. The summed E-state index contributed by atoms with van der Waals surface area (Å²) in [6.45, 7) is 3.85. The number of hydrogen-bond acceptors (Lipinski definition) is 3. The van der Waals surface area contributed by atoms with Gasteiger partial charge in [-0.05, 0) is 19.9 Å². The number of rotatable bonds is 2. The van der Waals surface area contributed by atoms with Crippen LogP contribution < -0.4 is 5.56 Å². The first-order chi connectivity index (χ1) is 7.50. The van der Waals surface area contributed by atoms with Crippen LogP contribution in [0.2, 0.25) is 0 Å². The van der Waals surface area contributed by atoms with Gasteiger partial charge < -0.3 is 10.1 Å². The second-order valence-corrected chi connectivity index (χ2v) is 3.80. The molecule has 0 amide bonds. The molecule has 6 heteroatoms. The number of carbonyl (C=O) groups is 1. The zero-order valence-corrected chi connectivity index (χ0v) is 8.89. The van der Waals surface area contributed by atoms with Crippen molar-refractivity contribution in [3.05, 3.63) is 28.2 Å². The Bertz CT molecular complexity index is 609. The van der Waals surface area contributed by atoms with Crippen molar-refractivity contribution in [2.45, 2.75) is 19.9 Å². The van der Waals surface area contributed by atoms with E-state index in [1.165, 1.54) is 12.3 Å². The first-order valence-electron chi connectivity index (χ1n) is 4.84. The van der Waals surface area contributed by atoms with Crippen molar-refractivity contribution in [3.8, 4) is 0 Å². The van der Waals surface area contributed by atoms with Gasteiger partial charge >= 0.3 is 5.97 Å². The highest BCUT2D eigenvalue weighted by Crippen LogP contribution is 2.14. The Hall–Kier alpha value is -2.11. The lowest BCUT2D eigenvalue weighted by Gasteiger charge is -2.06. The number of aromatic carboxylic acids is 1. The van der Waals surface area contributed by atoms with Gasteiger partial charge in [0.2, 0.25) is 0 Å². The van der Waals surface area contributed by atoms with E-state index in [9.17, 15) is 9.59 Å². The van der Waals surface area contributed by atoms with E-state index < -0.39 is 11.5 Å². The fraction of sp³-hybridized carbons (Fsp3) is 0.300. The van der Waals surface area contributed by atoms with Crippen LogP contribution in [0.5, 0.6) is 0 Å². The molecule has 2 rings (SSSR count). The number of carboxylic acid groups (broad SMARTS) is 1. The van der Waals surface area contributed by atoms with Gasteiger partial charge in [-0.1, -0.05) is 0 Å². The molecule has 16 heavy (non-hydrogen) atoms. The monoisotopic (exact) mass is 221 g/mol. The summed E-state index contributed by atoms with van der Waals surface area (Å²) >= 11 is 0. The molecule has 0 radical (unpaired) electrons. The molecule has 0 aliphatic carbocycles. The van der Waals surface area contributed by atoms with Gasteiger partial charge in [-0.3, -0.25) is 4.79 Å². The van der Waals surface area contributed by atoms with Gasteiger partial charge in [-0.2, -0.15) is 5.10 Å². The average Bonchev–Trinajstić information content (AvgIpc) is 2.58. The van der Waals surface area contributed by atoms with Crippen LogP contribution in [0.1, 0.15) is 30.2 Å². The zero-order valence-electron chi connectivity index (χ0n) is 8.89. The topological polar surface area (TPSA) is 88.0 Å². The summed E-state index contributed by atoms with van der Waals surface area (Å²) in [4.78, 5) is 24.8. The number of H-pyrrole nitrogens is 1. The fourth-order valence-corrected chi connectivity index (χ4v) is 1.56. The minimum Gasteiger partial charge on any atom is -0.477 e. The number of nitrogens with zero attached hydrogens (tertiary/aromatic N) is 2. The molecule has 0 saturated carbocycles. The van der Waals surface area contributed by atoms with Crippen LogP contribution in [0.3, 0.4) is 0 Å². The number of nitrogens with one attached hydrogen (secondary N) is 1. The Morgan fingerprint density at radius 3 is 2.81 bits per heavy atom. The largest absolute Gasteiger partial charge is 0.477 e. The van der Waals surface area contributed by atoms with E-state index in [0.29, 0.717) is 11.0 Å². The molecule has 2 heterocycles. The van der Waals surface area contributed by atoms with Crippen LogP contribution in [0.15, 0.2) is 17.1 Å². The molecule has 0 atom stereocenters. The third-order valence-corrected chi connectivity index (χ3v) is 2.32. The maximum Gasteiger partial charge on any atom is 0.341 e. The first-order valence-corrected chi connectivity index (χ1v) is 4.84. The van der Waals surface area contributed by atoms with Gasteiger partial charge in [-0.25, -0.2) is 9.48 Å². The Morgan fingerprint density at radius 2 is 2.25 bits per heavy atom. The lowest BCUT2D eigenvalue weighted by atomic mass is 10.2. The van der Waals surface area contributed by atoms with Crippen molar-refractivity contribution < 1.29 is 9.90 Å². The van der Waals surface area contributed by atoms with E-state index in [-0.39, 0.29) is 11.6 Å². The highest BCUT2D eigenvalue weighted by atomic mass is 16.4. The smallest absolute Gasteiger partial charge is 0.341 e. The van der Waals surface area contributed by atoms with E-state index in [0.717, 1.165) is 0 Å². The van der Waals surface area contributed by atoms with Crippen molar-refractivity contribution in [2.75, 3.05) is 0 Å². The van der Waals surface area contributed by atoms with Crippen molar-refractivity contribution in [1.29, 1.82) is 0 Å². The number of carboxylic acids is 1. The van der Waals surface area contributed by atoms with Gasteiger partial charge in [0, 0.05) is 11.4 Å². The maximum absolute atomic E-state index is 11.5. The van der Waals surface area contributed by atoms with Crippen LogP contribution in [0, 0.1) is 0 Å². The minimum atomic E-state index is -1.24. The molecule has 0 spiro atoms. The van der Waals surface area contributed by atoms with Gasteiger partial charge in [0.25, 0.3) is 5.56 Å². The number of aromatic nitrogens is 3. The standard InChI is InChI=1S/C10H11N3O3/c1-5(2)13-8-6(4-11-13)3-7(10(15)16)9(14)12-8/h3-5H,1-2H3,(H,12,14)(H,15,16). The molecular formula is C10H11N3O3. The lowest BCUT2D eigenvalue weighted by Crippen LogP contribution is -2.18. The zero-order chi connectivity index (χ0) is 11.9. The van der Waals surface area contributed by atoms with Gasteiger partial charge in [-0.15, -0.1) is 0 Å². The number of aromatic amines is 1. The minimum absolute atomic E-state index is 0.101. The predicted molar refractivity (Wildman–Crippen MR) is 57.7 cm³/mol. The molecule has 84 valence electrons. The molecule has 0 aliphatic heterocycles. The average molecular weight is 221 g/mol. The van der Waals surface area contributed by atoms with Crippen molar-refractivity contribution in [3.63, 3.8) is 0 Å². The van der Waals surface area contributed by atoms with Crippen LogP contribution in [-0.4, -0.2) is 25.8 Å². The number of hydrogen-bond donors (Lipinski definition) is 2. The van der Waals surface area contributed by atoms with Crippen LogP contribution in [0.25, 0.3) is 11.0 Å². The van der Waals surface area contributed by atoms with Crippen LogP contribution >= 0.6 is 0 Å². The summed E-state index contributed by atoms with van der Waals surface area (Å²) < 4.78 is 1.64. The molecular weight excluding hydrogens is 210 g/mol. The van der Waals surface area contributed by atoms with E-state index in [1.54, 1.807) is 4.68 Å². The SMILES string of the molecule is CC(C)n1ncc2cc(C(=O)O)c(=O)[nH]c21. The molecule has 2 aromatic rings. The summed E-state index contributed by atoms with van der Waals surface area (Å²) in [6.07, 6.45) is 1.54. The van der Waals surface area contributed by atoms with E-state index >= 15 is 0 Å². The van der Waals surface area contributed by atoms with Crippen molar-refractivity contribution in [1.82, 2.24) is 14.8 Å². The van der Waals surface area contributed by atoms with E-state index in [4.69, 9.17) is 5.11 Å². The fourth-order valence-electron chi connectivity index (χ4n) is 1.56. The molecule has 6 nitrogen and oxygen atoms in total. The van der Waals surface area contributed by atoms with E-state index in [1.807, 2.05) is 13.8 Å². The van der Waals surface area contributed by atoms with Gasteiger partial charge in [0.05, 0.1) is 6.20 Å². The predicted octanol–water partition coefficient (Wildman–Crippen LogP) is 1.00. The number of pyridine rings is 1. The van der Waals surface area contributed by atoms with Crippen molar-refractivity contribution >= 4 is 17.0 Å². The molecule has 2 N–H and O–H groups in total. The second-order valence-electron chi connectivity index (χ2n) is 3.80. The Kier molecular flexibility index (Phi) is 2.26. The quantitative estimate of drug-likeness (QED) is 0.791. The second kappa shape index (κ2) is 3.48. The summed E-state index contributed by atoms with van der Waals surface area (Å²) in [5.74, 6) is -1.24. The Balaban J connectivity index is 2.76. The van der Waals surface area contributed by atoms with Crippen LogP contribution in [-0.2, 0) is 0 Å². The molecule has 0 aliphatic rings. The number of fused-ring (bicyclic) bond motifs is 1. The van der Waals surface area contributed by atoms with Crippen molar-refractivity contribution in [2.24, 2.45) is 0 Å². The Morgan fingerprint density at radius 1 is 1.56 bits per heavy atom. The van der Waals surface area contributed by atoms with Gasteiger partial charge in [0.15, 0.2) is 0 Å². The van der Waals surface area contributed by atoms with E-state index in [2.05, 4.69) is 10.1 Å². The van der Waals surface area contributed by atoms with Crippen LogP contribution in [0.4, 0.5) is 0 Å². The molecule has 0 unspecified atom stereocenters. The normalized spacial score (nSPS) is 11.2. The maximum atomic E-state index is 11.5. The Labute approximate surface area is 90.5 Å². The molecule has 0 saturated heterocycles. The highest BCUT2D eigenvalue weighted by molar-refractivity contribution is 5.91. The summed E-state index contributed by atoms with van der Waals surface area (Å²) in [6, 6.07) is 1.44. The molecule has 2 aromatic heterocycles. The molecule has 0 fully saturated rings. The first kappa shape index (κ1) is 10.4. The van der Waals surface area contributed by atoms with Gasteiger partial charge in [0.1, 0.15) is 11.2 Å². The summed E-state index contributed by atoms with van der Waals surface area (Å²) in [5.41, 5.74) is -0.330. The summed E-state index contributed by atoms with van der Waals surface area (Å²) in [5, 5.41) is 13.5. The third kappa shape index (κ3) is 1.48. The molecule has 0 bridgehead atoms. The lowest BCUT2D eigenvalue weighted by molar-refractivity contribution is 0.0695.